The Hall–Kier alpha value is -1.59. The van der Waals surface area contributed by atoms with Gasteiger partial charge in [-0.15, -0.1) is 0 Å². The van der Waals surface area contributed by atoms with Crippen LogP contribution in [0.3, 0.4) is 0 Å². The number of phenolic OH excluding ortho intramolecular Hbond substituents is 1. The Labute approximate surface area is 98.9 Å². The van der Waals surface area contributed by atoms with Crippen LogP contribution in [0.1, 0.15) is 15.9 Å². The summed E-state index contributed by atoms with van der Waals surface area (Å²) in [7, 11) is 0. The number of benzene rings is 1. The van der Waals surface area contributed by atoms with Crippen LogP contribution in [-0.4, -0.2) is 51.4 Å². The molecule has 1 saturated heterocycles. The normalized spacial score (nSPS) is 24.1. The molecule has 1 heterocycles. The molecule has 0 bridgehead atoms. The van der Waals surface area contributed by atoms with Crippen molar-refractivity contribution in [2.24, 2.45) is 0 Å². The van der Waals surface area contributed by atoms with Crippen molar-refractivity contribution in [3.8, 4) is 5.75 Å². The number of β-amino-alcohol motifs (C(OH)–C–C–N with tert-alkyl or cyclic N) is 2. The predicted molar refractivity (Wildman–Crippen MR) is 60.8 cm³/mol. The number of hydrogen-bond acceptors (Lipinski definition) is 4. The van der Waals surface area contributed by atoms with E-state index >= 15 is 0 Å². The molecular formula is C12H15NO4. The standard InChI is InChI=1S/C12H15NO4/c1-7-2-3-8(4-9(7)14)12(17)13-5-10(15)11(16)6-13/h2-4,10-11,14-16H,5-6H2,1H3/t10-,11+. The molecule has 0 aliphatic carbocycles. The molecular weight excluding hydrogens is 222 g/mol. The Bertz CT molecular complexity index is 436. The molecule has 1 aromatic rings. The molecule has 1 aliphatic heterocycles. The summed E-state index contributed by atoms with van der Waals surface area (Å²) >= 11 is 0. The maximum atomic E-state index is 12.0. The number of aliphatic hydroxyl groups is 2. The largest absolute Gasteiger partial charge is 0.508 e. The highest BCUT2D eigenvalue weighted by Crippen LogP contribution is 2.20. The lowest BCUT2D eigenvalue weighted by atomic mass is 10.1. The number of carbonyl (C=O) groups excluding carboxylic acids is 1. The van der Waals surface area contributed by atoms with Crippen LogP contribution < -0.4 is 0 Å². The zero-order valence-electron chi connectivity index (χ0n) is 9.50. The Balaban J connectivity index is 2.17. The lowest BCUT2D eigenvalue weighted by Gasteiger charge is -2.15. The SMILES string of the molecule is Cc1ccc(C(=O)N2C[C@@H](O)[C@@H](O)C2)cc1O. The number of likely N-dealkylation sites (tertiary alicyclic amines) is 1. The maximum Gasteiger partial charge on any atom is 0.254 e. The van der Waals surface area contributed by atoms with E-state index in [1.807, 2.05) is 0 Å². The molecule has 17 heavy (non-hydrogen) atoms. The molecule has 2 atom stereocenters. The van der Waals surface area contributed by atoms with E-state index in [-0.39, 0.29) is 24.7 Å². The number of carbonyl (C=O) groups is 1. The molecule has 92 valence electrons. The summed E-state index contributed by atoms with van der Waals surface area (Å²) in [6.07, 6.45) is -1.78. The van der Waals surface area contributed by atoms with Crippen LogP contribution >= 0.6 is 0 Å². The number of aryl methyl sites for hydroxylation is 1. The molecule has 0 aromatic heterocycles. The first-order chi connectivity index (χ1) is 7.99. The van der Waals surface area contributed by atoms with Crippen molar-refractivity contribution in [2.45, 2.75) is 19.1 Å². The van der Waals surface area contributed by atoms with E-state index in [4.69, 9.17) is 0 Å². The van der Waals surface area contributed by atoms with E-state index in [0.29, 0.717) is 11.1 Å². The lowest BCUT2D eigenvalue weighted by molar-refractivity contribution is 0.0572. The average Bonchev–Trinajstić information content (AvgIpc) is 2.62. The van der Waals surface area contributed by atoms with Crippen LogP contribution in [0.5, 0.6) is 5.75 Å². The summed E-state index contributed by atoms with van der Waals surface area (Å²) in [5.74, 6) is -0.230. The number of nitrogens with zero attached hydrogens (tertiary/aromatic N) is 1. The van der Waals surface area contributed by atoms with Gasteiger partial charge in [0.1, 0.15) is 5.75 Å². The number of aromatic hydroxyl groups is 1. The highest BCUT2D eigenvalue weighted by atomic mass is 16.3. The third-order valence-corrected chi connectivity index (χ3v) is 3.00. The minimum Gasteiger partial charge on any atom is -0.508 e. The minimum absolute atomic E-state index is 0.0659. The van der Waals surface area contributed by atoms with Gasteiger partial charge in [-0.2, -0.15) is 0 Å². The van der Waals surface area contributed by atoms with Gasteiger partial charge in [0.05, 0.1) is 12.2 Å². The monoisotopic (exact) mass is 237 g/mol. The molecule has 1 aliphatic rings. The Morgan fingerprint density at radius 2 is 1.88 bits per heavy atom. The van der Waals surface area contributed by atoms with Gasteiger partial charge in [-0.1, -0.05) is 6.07 Å². The van der Waals surface area contributed by atoms with E-state index in [0.717, 1.165) is 0 Å². The van der Waals surface area contributed by atoms with Gasteiger partial charge in [0.25, 0.3) is 5.91 Å². The molecule has 1 amide bonds. The van der Waals surface area contributed by atoms with Gasteiger partial charge in [0, 0.05) is 18.7 Å². The van der Waals surface area contributed by atoms with Gasteiger partial charge in [-0.25, -0.2) is 0 Å². The summed E-state index contributed by atoms with van der Waals surface area (Å²) < 4.78 is 0. The third kappa shape index (κ3) is 2.25. The number of rotatable bonds is 1. The highest BCUT2D eigenvalue weighted by molar-refractivity contribution is 5.95. The molecule has 0 radical (unpaired) electrons. The molecule has 0 spiro atoms. The van der Waals surface area contributed by atoms with Gasteiger partial charge in [0.2, 0.25) is 0 Å². The highest BCUT2D eigenvalue weighted by Gasteiger charge is 2.32. The average molecular weight is 237 g/mol. The fraction of sp³-hybridized carbons (Fsp3) is 0.417. The van der Waals surface area contributed by atoms with Crippen molar-refractivity contribution in [3.63, 3.8) is 0 Å². The van der Waals surface area contributed by atoms with Crippen molar-refractivity contribution < 1.29 is 20.1 Å². The summed E-state index contributed by atoms with van der Waals surface area (Å²) in [4.78, 5) is 13.4. The van der Waals surface area contributed by atoms with Crippen LogP contribution in [0.4, 0.5) is 0 Å². The number of amides is 1. The summed E-state index contributed by atoms with van der Waals surface area (Å²) in [5.41, 5.74) is 1.05. The van der Waals surface area contributed by atoms with Gasteiger partial charge in [0.15, 0.2) is 0 Å². The number of hydrogen-bond donors (Lipinski definition) is 3. The van der Waals surface area contributed by atoms with E-state index < -0.39 is 12.2 Å². The van der Waals surface area contributed by atoms with Crippen molar-refractivity contribution >= 4 is 5.91 Å². The molecule has 0 saturated carbocycles. The van der Waals surface area contributed by atoms with Gasteiger partial charge >= 0.3 is 0 Å². The first-order valence-electron chi connectivity index (χ1n) is 5.44. The van der Waals surface area contributed by atoms with Crippen molar-refractivity contribution in [2.75, 3.05) is 13.1 Å². The van der Waals surface area contributed by atoms with Crippen LogP contribution in [0.25, 0.3) is 0 Å². The van der Waals surface area contributed by atoms with Crippen LogP contribution in [0.15, 0.2) is 18.2 Å². The molecule has 0 unspecified atom stereocenters. The molecule has 2 rings (SSSR count). The number of phenols is 1. The minimum atomic E-state index is -0.891. The quantitative estimate of drug-likeness (QED) is 0.636. The first-order valence-corrected chi connectivity index (χ1v) is 5.44. The second kappa shape index (κ2) is 4.35. The summed E-state index contributed by atoms with van der Waals surface area (Å²) in [6.45, 7) is 1.98. The Morgan fingerprint density at radius 3 is 2.41 bits per heavy atom. The second-order valence-electron chi connectivity index (χ2n) is 4.35. The van der Waals surface area contributed by atoms with Crippen LogP contribution in [0, 0.1) is 6.92 Å². The Kier molecular flexibility index (Phi) is 3.04. The first kappa shape index (κ1) is 11.9. The zero-order valence-corrected chi connectivity index (χ0v) is 9.50. The van der Waals surface area contributed by atoms with Crippen molar-refractivity contribution in [1.82, 2.24) is 4.90 Å². The topological polar surface area (TPSA) is 81.0 Å². The fourth-order valence-electron chi connectivity index (χ4n) is 1.86. The third-order valence-electron chi connectivity index (χ3n) is 3.00. The predicted octanol–water partition coefficient (Wildman–Crippen LogP) is -0.122. The molecule has 1 aromatic carbocycles. The summed E-state index contributed by atoms with van der Waals surface area (Å²) in [6, 6.07) is 4.68. The summed E-state index contributed by atoms with van der Waals surface area (Å²) in [5, 5.41) is 28.3. The molecule has 5 nitrogen and oxygen atoms in total. The van der Waals surface area contributed by atoms with Crippen molar-refractivity contribution in [1.29, 1.82) is 0 Å². The van der Waals surface area contributed by atoms with E-state index in [1.165, 1.54) is 11.0 Å². The number of aliphatic hydroxyl groups excluding tert-OH is 2. The van der Waals surface area contributed by atoms with Gasteiger partial charge < -0.3 is 20.2 Å². The Morgan fingerprint density at radius 1 is 1.29 bits per heavy atom. The van der Waals surface area contributed by atoms with E-state index in [9.17, 15) is 20.1 Å². The van der Waals surface area contributed by atoms with Gasteiger partial charge in [-0.3, -0.25) is 4.79 Å². The fourth-order valence-corrected chi connectivity index (χ4v) is 1.86. The molecule has 1 fully saturated rings. The van der Waals surface area contributed by atoms with Gasteiger partial charge in [-0.05, 0) is 24.6 Å². The molecule has 5 heteroatoms. The lowest BCUT2D eigenvalue weighted by Crippen LogP contribution is -2.29. The zero-order chi connectivity index (χ0) is 12.6. The maximum absolute atomic E-state index is 12.0. The van der Waals surface area contributed by atoms with E-state index in [1.54, 1.807) is 19.1 Å². The van der Waals surface area contributed by atoms with E-state index in [2.05, 4.69) is 0 Å². The van der Waals surface area contributed by atoms with Crippen molar-refractivity contribution in [3.05, 3.63) is 29.3 Å². The second-order valence-corrected chi connectivity index (χ2v) is 4.35. The van der Waals surface area contributed by atoms with Crippen LogP contribution in [-0.2, 0) is 0 Å². The molecule has 3 N–H and O–H groups in total. The van der Waals surface area contributed by atoms with Crippen LogP contribution in [0.2, 0.25) is 0 Å². The smallest absolute Gasteiger partial charge is 0.254 e.